The fourth-order valence-corrected chi connectivity index (χ4v) is 2.86. The molecule has 0 aliphatic carbocycles. The number of alkyl carbamates (subject to hydrolysis) is 1. The van der Waals surface area contributed by atoms with Gasteiger partial charge in [0.2, 0.25) is 5.91 Å². The number of nitrogens with two attached hydrogens (primary N) is 1. The molecule has 3 atom stereocenters. The van der Waals surface area contributed by atoms with E-state index in [2.05, 4.69) is 10.6 Å². The van der Waals surface area contributed by atoms with Gasteiger partial charge in [0.15, 0.2) is 12.0 Å². The molecule has 10 nitrogen and oxygen atoms in total. The van der Waals surface area contributed by atoms with E-state index in [1.807, 2.05) is 19.9 Å². The van der Waals surface area contributed by atoms with Crippen molar-refractivity contribution in [3.05, 3.63) is 35.9 Å². The van der Waals surface area contributed by atoms with Crippen LogP contribution in [0.4, 0.5) is 4.79 Å². The number of nitrogens with one attached hydrogen (secondary N) is 2. The zero-order valence-electron chi connectivity index (χ0n) is 18.9. The normalized spacial score (nSPS) is 14.8. The number of ether oxygens (including phenoxy) is 3. The first-order chi connectivity index (χ1) is 15.2. The van der Waals surface area contributed by atoms with Crippen LogP contribution in [0.2, 0.25) is 0 Å². The zero-order valence-corrected chi connectivity index (χ0v) is 18.9. The Kier molecular flexibility index (Phi) is 12.5. The summed E-state index contributed by atoms with van der Waals surface area (Å²) in [5, 5.41) is 15.4. The summed E-state index contributed by atoms with van der Waals surface area (Å²) in [6.45, 7) is 4.79. The maximum Gasteiger partial charge on any atom is 0.407 e. The summed E-state index contributed by atoms with van der Waals surface area (Å²) in [5.41, 5.74) is 4.20. The number of hydrogen-bond acceptors (Lipinski definition) is 8. The van der Waals surface area contributed by atoms with Crippen LogP contribution in [-0.2, 0) is 30.2 Å². The Labute approximate surface area is 188 Å². The summed E-state index contributed by atoms with van der Waals surface area (Å²) in [6, 6.07) is 6.94. The van der Waals surface area contributed by atoms with Crippen LogP contribution in [0.1, 0.15) is 25.8 Å². The van der Waals surface area contributed by atoms with Crippen molar-refractivity contribution in [2.75, 3.05) is 33.5 Å². The fraction of sp³-hybridized carbons (Fsp3) is 0.591. The zero-order chi connectivity index (χ0) is 24.0. The van der Waals surface area contributed by atoms with Crippen molar-refractivity contribution < 1.29 is 33.7 Å². The number of carbonyl (C=O) groups excluding carboxylic acids is 3. The molecule has 10 heteroatoms. The number of amides is 2. The van der Waals surface area contributed by atoms with Crippen molar-refractivity contribution in [3.63, 3.8) is 0 Å². The highest BCUT2D eigenvalue weighted by Gasteiger charge is 2.36. The largest absolute Gasteiger partial charge is 0.447 e. The van der Waals surface area contributed by atoms with Crippen LogP contribution in [0.5, 0.6) is 0 Å². The predicted molar refractivity (Wildman–Crippen MR) is 118 cm³/mol. The summed E-state index contributed by atoms with van der Waals surface area (Å²) < 4.78 is 15.1. The second-order valence-electron chi connectivity index (χ2n) is 7.82. The van der Waals surface area contributed by atoms with Crippen LogP contribution >= 0.6 is 0 Å². The second-order valence-corrected chi connectivity index (χ2v) is 7.82. The maximum absolute atomic E-state index is 12.9. The lowest BCUT2D eigenvalue weighted by molar-refractivity contribution is -0.132. The first-order valence-electron chi connectivity index (χ1n) is 10.5. The lowest BCUT2D eigenvalue weighted by Crippen LogP contribution is -2.63. The van der Waals surface area contributed by atoms with Gasteiger partial charge in [0, 0.05) is 7.11 Å². The van der Waals surface area contributed by atoms with Crippen molar-refractivity contribution >= 4 is 18.3 Å². The molecule has 0 heterocycles. The number of carbonyl (C=O) groups is 3. The van der Waals surface area contributed by atoms with Gasteiger partial charge in [-0.25, -0.2) is 4.79 Å². The molecule has 0 bridgehead atoms. The highest BCUT2D eigenvalue weighted by Crippen LogP contribution is 2.12. The molecular weight excluding hydrogens is 418 g/mol. The van der Waals surface area contributed by atoms with Gasteiger partial charge in [-0.15, -0.1) is 0 Å². The van der Waals surface area contributed by atoms with Crippen LogP contribution in [-0.4, -0.2) is 74.7 Å². The Balaban J connectivity index is 2.76. The monoisotopic (exact) mass is 453 g/mol. The number of aldehydes is 1. The maximum atomic E-state index is 12.9. The minimum Gasteiger partial charge on any atom is -0.447 e. The molecule has 0 aromatic heterocycles. The Hall–Kier alpha value is -2.53. The van der Waals surface area contributed by atoms with Crippen LogP contribution < -0.4 is 16.4 Å². The van der Waals surface area contributed by atoms with E-state index >= 15 is 0 Å². The average molecular weight is 454 g/mol. The molecule has 0 fully saturated rings. The third-order valence-corrected chi connectivity index (χ3v) is 4.55. The van der Waals surface area contributed by atoms with Gasteiger partial charge in [-0.2, -0.15) is 0 Å². The summed E-state index contributed by atoms with van der Waals surface area (Å²) in [7, 11) is 1.55. The summed E-state index contributed by atoms with van der Waals surface area (Å²) in [5.74, 6) is -0.516. The molecule has 1 aromatic rings. The van der Waals surface area contributed by atoms with Gasteiger partial charge in [0.05, 0.1) is 25.9 Å². The van der Waals surface area contributed by atoms with E-state index in [1.54, 1.807) is 31.4 Å². The summed E-state index contributed by atoms with van der Waals surface area (Å²) >= 11 is 0. The van der Waals surface area contributed by atoms with E-state index in [9.17, 15) is 19.5 Å². The van der Waals surface area contributed by atoms with Gasteiger partial charge >= 0.3 is 6.09 Å². The third-order valence-electron chi connectivity index (χ3n) is 4.55. The van der Waals surface area contributed by atoms with E-state index in [0.29, 0.717) is 19.6 Å². The smallest absolute Gasteiger partial charge is 0.407 e. The predicted octanol–water partition coefficient (Wildman–Crippen LogP) is 0.364. The van der Waals surface area contributed by atoms with Gasteiger partial charge in [0.1, 0.15) is 12.6 Å². The number of rotatable bonds is 15. The second kappa shape index (κ2) is 14.5. The van der Waals surface area contributed by atoms with Crippen molar-refractivity contribution in [2.45, 2.75) is 44.5 Å². The van der Waals surface area contributed by atoms with Gasteiger partial charge in [-0.1, -0.05) is 44.2 Å². The highest BCUT2D eigenvalue weighted by atomic mass is 16.6. The molecule has 1 aromatic carbocycles. The highest BCUT2D eigenvalue weighted by molar-refractivity contribution is 5.86. The fourth-order valence-electron chi connectivity index (χ4n) is 2.86. The van der Waals surface area contributed by atoms with E-state index < -0.39 is 29.8 Å². The molecule has 2 unspecified atom stereocenters. The molecular formula is C22H35N3O7. The van der Waals surface area contributed by atoms with Gasteiger partial charge in [-0.3, -0.25) is 15.3 Å². The number of aliphatic hydroxyl groups is 1. The lowest BCUT2D eigenvalue weighted by Gasteiger charge is -2.30. The molecule has 1 rings (SSSR count). The average Bonchev–Trinajstić information content (AvgIpc) is 2.75. The summed E-state index contributed by atoms with van der Waals surface area (Å²) in [4.78, 5) is 36.4. The van der Waals surface area contributed by atoms with Crippen LogP contribution in [0.25, 0.3) is 0 Å². The molecule has 0 aliphatic rings. The third kappa shape index (κ3) is 10.7. The van der Waals surface area contributed by atoms with Gasteiger partial charge in [0.25, 0.3) is 0 Å². The van der Waals surface area contributed by atoms with Crippen molar-refractivity contribution in [2.24, 2.45) is 11.7 Å². The number of methoxy groups -OCH3 is 1. The molecule has 32 heavy (non-hydrogen) atoms. The summed E-state index contributed by atoms with van der Waals surface area (Å²) in [6.07, 6.45) is -0.161. The Morgan fingerprint density at radius 2 is 1.78 bits per heavy atom. The number of benzene rings is 1. The van der Waals surface area contributed by atoms with E-state index in [4.69, 9.17) is 19.9 Å². The van der Waals surface area contributed by atoms with Crippen molar-refractivity contribution in [3.8, 4) is 0 Å². The van der Waals surface area contributed by atoms with Crippen LogP contribution in [0, 0.1) is 5.92 Å². The van der Waals surface area contributed by atoms with Gasteiger partial charge < -0.3 is 30.0 Å². The Bertz CT molecular complexity index is 698. The number of hydrogen-bond donors (Lipinski definition) is 4. The van der Waals surface area contributed by atoms with Crippen molar-refractivity contribution in [1.29, 1.82) is 0 Å². The van der Waals surface area contributed by atoms with E-state index in [0.717, 1.165) is 5.56 Å². The first kappa shape index (κ1) is 27.5. The standard InChI is InChI=1S/C22H35N3O7/c1-16(2)13-18(24-21(28)32-12-11-31-10-9-30-3)20(27)25-19(22(23,29)15-26)14-17-7-5-4-6-8-17/h4-8,15-16,18-19,29H,9-14,23H2,1-3H3,(H,24,28)(H,25,27)/t18-,19?,22?/m0/s1. The lowest BCUT2D eigenvalue weighted by atomic mass is 9.96. The Morgan fingerprint density at radius 1 is 1.12 bits per heavy atom. The van der Waals surface area contributed by atoms with Crippen molar-refractivity contribution in [1.82, 2.24) is 10.6 Å². The molecule has 0 saturated carbocycles. The van der Waals surface area contributed by atoms with E-state index in [-0.39, 0.29) is 31.8 Å². The van der Waals surface area contributed by atoms with Gasteiger partial charge in [-0.05, 0) is 24.3 Å². The van der Waals surface area contributed by atoms with Crippen LogP contribution in [0.15, 0.2) is 30.3 Å². The minimum atomic E-state index is -2.28. The topological polar surface area (TPSA) is 149 Å². The molecule has 5 N–H and O–H groups in total. The molecule has 0 saturated heterocycles. The molecule has 0 aliphatic heterocycles. The molecule has 0 radical (unpaired) electrons. The van der Waals surface area contributed by atoms with Crippen LogP contribution in [0.3, 0.4) is 0 Å². The molecule has 0 spiro atoms. The SMILES string of the molecule is COCCOCCOC(=O)N[C@@H](CC(C)C)C(=O)NC(Cc1ccccc1)C(N)(O)C=O. The Morgan fingerprint density at radius 3 is 2.38 bits per heavy atom. The quantitative estimate of drug-likeness (QED) is 0.169. The first-order valence-corrected chi connectivity index (χ1v) is 10.5. The molecule has 2 amide bonds. The molecule has 180 valence electrons. The minimum absolute atomic E-state index is 0.00981. The van der Waals surface area contributed by atoms with E-state index in [1.165, 1.54) is 0 Å².